The zero-order valence-electron chi connectivity index (χ0n) is 16.6. The predicted molar refractivity (Wildman–Crippen MR) is 131 cm³/mol. The number of hydrogen-bond acceptors (Lipinski definition) is 3. The highest BCUT2D eigenvalue weighted by atomic mass is 79.9. The molecule has 4 heteroatoms. The highest BCUT2D eigenvalue weighted by Gasteiger charge is 2.26. The molecule has 2 heterocycles. The van der Waals surface area contributed by atoms with Gasteiger partial charge in [-0.25, -0.2) is 0 Å². The van der Waals surface area contributed by atoms with Crippen LogP contribution in [-0.4, -0.2) is 26.3 Å². The number of benzene rings is 3. The van der Waals surface area contributed by atoms with Crippen molar-refractivity contribution in [2.24, 2.45) is 0 Å². The van der Waals surface area contributed by atoms with E-state index in [1.807, 2.05) is 11.3 Å². The van der Waals surface area contributed by atoms with Crippen LogP contribution in [0.3, 0.4) is 0 Å². The first-order valence-corrected chi connectivity index (χ1v) is 11.8. The van der Waals surface area contributed by atoms with Crippen LogP contribution in [-0.2, 0) is 4.74 Å². The highest BCUT2D eigenvalue weighted by Crippen LogP contribution is 2.52. The number of rotatable bonds is 4. The Labute approximate surface area is 189 Å². The van der Waals surface area contributed by atoms with Crippen molar-refractivity contribution in [3.05, 3.63) is 89.4 Å². The Morgan fingerprint density at radius 3 is 1.87 bits per heavy atom. The lowest BCUT2D eigenvalue weighted by Crippen LogP contribution is -2.35. The van der Waals surface area contributed by atoms with Gasteiger partial charge in [-0.05, 0) is 28.8 Å². The molecule has 1 saturated heterocycles. The first-order valence-electron chi connectivity index (χ1n) is 10.2. The van der Waals surface area contributed by atoms with Crippen LogP contribution in [0.5, 0.6) is 0 Å². The number of ether oxygens (including phenoxy) is 1. The van der Waals surface area contributed by atoms with Crippen LogP contribution in [0.25, 0.3) is 32.7 Å². The summed E-state index contributed by atoms with van der Waals surface area (Å²) in [5.74, 6) is 0. The molecule has 0 unspecified atom stereocenters. The summed E-state index contributed by atoms with van der Waals surface area (Å²) in [7, 11) is 0. The van der Waals surface area contributed by atoms with E-state index in [0.29, 0.717) is 0 Å². The molecule has 0 atom stereocenters. The van der Waals surface area contributed by atoms with Crippen molar-refractivity contribution >= 4 is 32.3 Å². The second kappa shape index (κ2) is 8.76. The quantitative estimate of drug-likeness (QED) is 0.305. The Kier molecular flexibility index (Phi) is 5.71. The average molecular weight is 476 g/mol. The van der Waals surface area contributed by atoms with E-state index >= 15 is 0 Å². The third-order valence-corrected chi connectivity index (χ3v) is 7.25. The molecule has 0 bridgehead atoms. The summed E-state index contributed by atoms with van der Waals surface area (Å²) < 4.78 is 6.74. The number of thiophene rings is 1. The maximum Gasteiger partial charge on any atom is 0.100 e. The van der Waals surface area contributed by atoms with Crippen LogP contribution in [0.2, 0.25) is 0 Å². The minimum Gasteiger partial charge on any atom is -0.378 e. The van der Waals surface area contributed by atoms with Gasteiger partial charge in [0.25, 0.3) is 0 Å². The molecule has 30 heavy (non-hydrogen) atoms. The molecule has 1 aromatic heterocycles. The number of halogens is 1. The number of nitrogens with zero attached hydrogens (tertiary/aromatic N) is 1. The maximum absolute atomic E-state index is 5.65. The van der Waals surface area contributed by atoms with Gasteiger partial charge < -0.3 is 9.64 Å². The van der Waals surface area contributed by atoms with Gasteiger partial charge in [0.2, 0.25) is 0 Å². The van der Waals surface area contributed by atoms with Crippen molar-refractivity contribution in [1.29, 1.82) is 0 Å². The van der Waals surface area contributed by atoms with Gasteiger partial charge in [0.05, 0.1) is 13.2 Å². The standard InChI is InChI=1S/C26H22BrNOS/c27-22-13-11-20(12-14-22)24-23(19-7-3-1-4-8-19)25(21-9-5-2-6-10-21)30-26(24)28-15-17-29-18-16-28/h1-14H,15-18H2. The number of morpholine rings is 1. The lowest BCUT2D eigenvalue weighted by molar-refractivity contribution is 0.123. The molecule has 0 saturated carbocycles. The van der Waals surface area contributed by atoms with E-state index in [-0.39, 0.29) is 0 Å². The largest absolute Gasteiger partial charge is 0.378 e. The monoisotopic (exact) mass is 475 g/mol. The van der Waals surface area contributed by atoms with Crippen molar-refractivity contribution in [3.63, 3.8) is 0 Å². The first kappa shape index (κ1) is 19.6. The zero-order chi connectivity index (χ0) is 20.3. The van der Waals surface area contributed by atoms with E-state index in [9.17, 15) is 0 Å². The van der Waals surface area contributed by atoms with Gasteiger partial charge >= 0.3 is 0 Å². The van der Waals surface area contributed by atoms with Gasteiger partial charge in [0.1, 0.15) is 5.00 Å². The highest BCUT2D eigenvalue weighted by molar-refractivity contribution is 9.10. The van der Waals surface area contributed by atoms with Crippen LogP contribution < -0.4 is 4.90 Å². The maximum atomic E-state index is 5.65. The molecular weight excluding hydrogens is 454 g/mol. The van der Waals surface area contributed by atoms with Gasteiger partial charge in [-0.3, -0.25) is 0 Å². The molecule has 0 spiro atoms. The summed E-state index contributed by atoms with van der Waals surface area (Å²) in [6.07, 6.45) is 0. The minimum atomic E-state index is 0.777. The molecule has 0 radical (unpaired) electrons. The lowest BCUT2D eigenvalue weighted by atomic mass is 9.94. The van der Waals surface area contributed by atoms with Crippen LogP contribution in [0, 0.1) is 0 Å². The van der Waals surface area contributed by atoms with Gasteiger partial charge in [-0.2, -0.15) is 0 Å². The van der Waals surface area contributed by atoms with E-state index in [4.69, 9.17) is 4.74 Å². The summed E-state index contributed by atoms with van der Waals surface area (Å²) >= 11 is 5.49. The average Bonchev–Trinajstić information content (AvgIpc) is 3.22. The zero-order valence-corrected chi connectivity index (χ0v) is 19.0. The van der Waals surface area contributed by atoms with E-state index in [0.717, 1.165) is 30.8 Å². The number of anilines is 1. The summed E-state index contributed by atoms with van der Waals surface area (Å²) in [5.41, 5.74) is 6.40. The van der Waals surface area contributed by atoms with Crippen molar-refractivity contribution in [3.8, 4) is 32.7 Å². The molecule has 2 nitrogen and oxygen atoms in total. The van der Waals surface area contributed by atoms with Gasteiger partial charge in [0, 0.05) is 33.6 Å². The van der Waals surface area contributed by atoms with Crippen molar-refractivity contribution in [2.75, 3.05) is 31.2 Å². The van der Waals surface area contributed by atoms with Gasteiger partial charge in [-0.15, -0.1) is 11.3 Å². The fourth-order valence-corrected chi connectivity index (χ4v) is 5.63. The van der Waals surface area contributed by atoms with Crippen LogP contribution >= 0.6 is 27.3 Å². The third-order valence-electron chi connectivity index (χ3n) is 5.42. The molecule has 4 aromatic rings. The lowest BCUT2D eigenvalue weighted by Gasteiger charge is -2.29. The van der Waals surface area contributed by atoms with Crippen molar-refractivity contribution < 1.29 is 4.74 Å². The first-order chi connectivity index (χ1) is 14.8. The molecule has 0 amide bonds. The van der Waals surface area contributed by atoms with E-state index < -0.39 is 0 Å². The molecule has 150 valence electrons. The van der Waals surface area contributed by atoms with Gasteiger partial charge in [-0.1, -0.05) is 88.7 Å². The minimum absolute atomic E-state index is 0.777. The molecule has 0 aliphatic carbocycles. The SMILES string of the molecule is Brc1ccc(-c2c(N3CCOCC3)sc(-c3ccccc3)c2-c2ccccc2)cc1. The Morgan fingerprint density at radius 2 is 1.23 bits per heavy atom. The smallest absolute Gasteiger partial charge is 0.100 e. The normalized spacial score (nSPS) is 14.1. The molecule has 5 rings (SSSR count). The van der Waals surface area contributed by atoms with Crippen LogP contribution in [0.15, 0.2) is 89.4 Å². The van der Waals surface area contributed by atoms with E-state index in [2.05, 4.69) is 106 Å². The molecular formula is C26H22BrNOS. The molecule has 3 aromatic carbocycles. The second-order valence-electron chi connectivity index (χ2n) is 7.32. The summed E-state index contributed by atoms with van der Waals surface area (Å²) in [5, 5.41) is 1.33. The Morgan fingerprint density at radius 1 is 0.667 bits per heavy atom. The van der Waals surface area contributed by atoms with Gasteiger partial charge in [0.15, 0.2) is 0 Å². The molecule has 1 aliphatic rings. The Bertz CT molecular complexity index is 1120. The van der Waals surface area contributed by atoms with E-state index in [1.54, 1.807) is 0 Å². The van der Waals surface area contributed by atoms with Crippen molar-refractivity contribution in [1.82, 2.24) is 0 Å². The summed E-state index contributed by atoms with van der Waals surface area (Å²) in [6, 6.07) is 30.2. The second-order valence-corrected chi connectivity index (χ2v) is 9.24. The van der Waals surface area contributed by atoms with Crippen molar-refractivity contribution in [2.45, 2.75) is 0 Å². The van der Waals surface area contributed by atoms with Crippen LogP contribution in [0.1, 0.15) is 0 Å². The Balaban J connectivity index is 1.80. The fourth-order valence-electron chi connectivity index (χ4n) is 3.97. The van der Waals surface area contributed by atoms with Crippen LogP contribution in [0.4, 0.5) is 5.00 Å². The predicted octanol–water partition coefficient (Wildman–Crippen LogP) is 7.35. The number of hydrogen-bond donors (Lipinski definition) is 0. The molecule has 1 aliphatic heterocycles. The Hall–Kier alpha value is -2.40. The fraction of sp³-hybridized carbons (Fsp3) is 0.154. The molecule has 1 fully saturated rings. The topological polar surface area (TPSA) is 12.5 Å². The summed E-state index contributed by atoms with van der Waals surface area (Å²) in [6.45, 7) is 3.40. The summed E-state index contributed by atoms with van der Waals surface area (Å²) in [4.78, 5) is 3.81. The third kappa shape index (κ3) is 3.83. The van der Waals surface area contributed by atoms with E-state index in [1.165, 1.54) is 37.7 Å². The molecule has 0 N–H and O–H groups in total.